The molecule has 76 valence electrons. The van der Waals surface area contributed by atoms with Gasteiger partial charge in [0.05, 0.1) is 0 Å². The van der Waals surface area contributed by atoms with Crippen molar-refractivity contribution in [1.82, 2.24) is 0 Å². The molecule has 0 aliphatic heterocycles. The van der Waals surface area contributed by atoms with Crippen LogP contribution in [0.5, 0.6) is 0 Å². The average molecular weight is 186 g/mol. The van der Waals surface area contributed by atoms with Gasteiger partial charge in [-0.15, -0.1) is 0 Å². The summed E-state index contributed by atoms with van der Waals surface area (Å²) in [5.41, 5.74) is 6.44. The first-order valence-electron chi connectivity index (χ1n) is 4.65. The average Bonchev–Trinajstić information content (AvgIpc) is 2.10. The Balaban J connectivity index is 3.42. The van der Waals surface area contributed by atoms with Crippen LogP contribution < -0.4 is 0 Å². The fourth-order valence-electron chi connectivity index (χ4n) is 1.05. The molecule has 0 radical (unpaired) electrons. The quantitative estimate of drug-likeness (QED) is 0.472. The van der Waals surface area contributed by atoms with E-state index in [4.69, 9.17) is 10.6 Å². The van der Waals surface area contributed by atoms with Crippen molar-refractivity contribution >= 4 is 5.78 Å². The van der Waals surface area contributed by atoms with Gasteiger partial charge in [-0.25, -0.2) is 5.53 Å². The van der Waals surface area contributed by atoms with Gasteiger partial charge in [-0.05, 0) is 12.3 Å². The Kier molecular flexibility index (Phi) is 6.32. The molecule has 0 heterocycles. The Morgan fingerprint density at radius 2 is 2.08 bits per heavy atom. The summed E-state index contributed by atoms with van der Waals surface area (Å²) in [5, 5.41) is 11.6. The molecule has 13 heavy (non-hydrogen) atoms. The normalized spacial score (nSPS) is 12.9. The second kappa shape index (κ2) is 6.71. The molecule has 0 rings (SSSR count). The first kappa shape index (κ1) is 12.2. The van der Waals surface area contributed by atoms with Crippen LogP contribution in [0.4, 0.5) is 0 Å². The Bertz CT molecular complexity index is 169. The summed E-state index contributed by atoms with van der Waals surface area (Å²) in [4.78, 5) is 11.0. The van der Waals surface area contributed by atoms with Crippen LogP contribution in [0.3, 0.4) is 0 Å². The highest BCUT2D eigenvalue weighted by atomic mass is 16.3. The van der Waals surface area contributed by atoms with E-state index in [0.717, 1.165) is 19.3 Å². The van der Waals surface area contributed by atoms with Gasteiger partial charge in [0.1, 0.15) is 0 Å². The largest absolute Gasteiger partial charge is 0.364 e. The van der Waals surface area contributed by atoms with E-state index in [9.17, 15) is 4.79 Å². The molecule has 0 aliphatic rings. The Hall–Kier alpha value is -0.770. The van der Waals surface area contributed by atoms with Gasteiger partial charge in [0.25, 0.3) is 0 Å². The van der Waals surface area contributed by atoms with E-state index in [1.165, 1.54) is 0 Å². The first-order chi connectivity index (χ1) is 6.07. The number of nitrogens with zero attached hydrogens (tertiary/aromatic N) is 1. The summed E-state index contributed by atoms with van der Waals surface area (Å²) in [7, 11) is 0. The lowest BCUT2D eigenvalue weighted by molar-refractivity contribution is -0.127. The number of nitrogens with one attached hydrogen (secondary N) is 1. The number of carbonyl (C=O) groups excluding carboxylic acids is 1. The van der Waals surface area contributed by atoms with Gasteiger partial charge >= 0.3 is 0 Å². The molecule has 0 aliphatic carbocycles. The van der Waals surface area contributed by atoms with Gasteiger partial charge in [-0.1, -0.05) is 26.7 Å². The minimum atomic E-state index is -1.43. The predicted octanol–water partition coefficient (Wildman–Crippen LogP) is 2.12. The molecular weight excluding hydrogens is 168 g/mol. The van der Waals surface area contributed by atoms with Crippen LogP contribution in [-0.2, 0) is 4.79 Å². The molecule has 0 saturated carbocycles. The SMILES string of the molecule is CC(C)CCCCC(=O)[C@@H](O)N=N. The van der Waals surface area contributed by atoms with Crippen LogP contribution >= 0.6 is 0 Å². The fourth-order valence-corrected chi connectivity index (χ4v) is 1.05. The van der Waals surface area contributed by atoms with Crippen LogP contribution in [0.15, 0.2) is 5.11 Å². The molecule has 4 nitrogen and oxygen atoms in total. The number of aliphatic hydroxyl groups is 1. The van der Waals surface area contributed by atoms with Crippen molar-refractivity contribution in [2.24, 2.45) is 11.0 Å². The van der Waals surface area contributed by atoms with Crippen LogP contribution in [0.25, 0.3) is 0 Å². The highest BCUT2D eigenvalue weighted by Crippen LogP contribution is 2.09. The number of rotatable bonds is 7. The number of hydrogen-bond donors (Lipinski definition) is 2. The Morgan fingerprint density at radius 1 is 1.46 bits per heavy atom. The van der Waals surface area contributed by atoms with Gasteiger partial charge in [0, 0.05) is 6.42 Å². The second-order valence-corrected chi connectivity index (χ2v) is 3.61. The molecule has 0 spiro atoms. The zero-order valence-corrected chi connectivity index (χ0v) is 8.29. The van der Waals surface area contributed by atoms with Gasteiger partial charge < -0.3 is 5.11 Å². The van der Waals surface area contributed by atoms with E-state index in [1.807, 2.05) is 0 Å². The van der Waals surface area contributed by atoms with E-state index in [0.29, 0.717) is 12.3 Å². The molecule has 0 bridgehead atoms. The highest BCUT2D eigenvalue weighted by molar-refractivity contribution is 5.82. The number of ketones is 1. The van der Waals surface area contributed by atoms with Gasteiger partial charge in [0.2, 0.25) is 6.23 Å². The fraction of sp³-hybridized carbons (Fsp3) is 0.889. The molecule has 0 aromatic rings. The summed E-state index contributed by atoms with van der Waals surface area (Å²) < 4.78 is 0. The number of carbonyl (C=O) groups is 1. The summed E-state index contributed by atoms with van der Waals surface area (Å²) in [6.07, 6.45) is 1.77. The van der Waals surface area contributed by atoms with Crippen molar-refractivity contribution in [3.05, 3.63) is 0 Å². The topological polar surface area (TPSA) is 73.5 Å². The molecule has 1 atom stereocenters. The molecular formula is C9H18N2O2. The minimum Gasteiger partial charge on any atom is -0.364 e. The maximum atomic E-state index is 11.0. The third kappa shape index (κ3) is 6.40. The maximum absolute atomic E-state index is 11.0. The maximum Gasteiger partial charge on any atom is 0.224 e. The zero-order valence-electron chi connectivity index (χ0n) is 8.29. The molecule has 4 heteroatoms. The Labute approximate surface area is 78.9 Å². The lowest BCUT2D eigenvalue weighted by atomic mass is 10.0. The predicted molar refractivity (Wildman–Crippen MR) is 49.5 cm³/mol. The van der Waals surface area contributed by atoms with Crippen molar-refractivity contribution in [3.8, 4) is 0 Å². The molecule has 0 aromatic heterocycles. The summed E-state index contributed by atoms with van der Waals surface area (Å²) >= 11 is 0. The molecule has 0 saturated heterocycles. The van der Waals surface area contributed by atoms with Crippen LogP contribution in [0, 0.1) is 11.4 Å². The van der Waals surface area contributed by atoms with Crippen molar-refractivity contribution in [3.63, 3.8) is 0 Å². The van der Waals surface area contributed by atoms with Crippen LogP contribution in [-0.4, -0.2) is 17.1 Å². The number of hydrogen-bond acceptors (Lipinski definition) is 4. The van der Waals surface area contributed by atoms with Crippen molar-refractivity contribution in [2.45, 2.75) is 45.8 Å². The Morgan fingerprint density at radius 3 is 2.54 bits per heavy atom. The number of aliphatic hydroxyl groups excluding tert-OH is 1. The molecule has 0 amide bonds. The zero-order chi connectivity index (χ0) is 10.3. The van der Waals surface area contributed by atoms with Gasteiger partial charge in [0.15, 0.2) is 5.78 Å². The molecule has 2 N–H and O–H groups in total. The molecule has 0 unspecified atom stereocenters. The monoisotopic (exact) mass is 186 g/mol. The van der Waals surface area contributed by atoms with E-state index in [1.54, 1.807) is 0 Å². The highest BCUT2D eigenvalue weighted by Gasteiger charge is 2.12. The van der Waals surface area contributed by atoms with Crippen molar-refractivity contribution in [2.75, 3.05) is 0 Å². The third-order valence-corrected chi connectivity index (χ3v) is 1.86. The van der Waals surface area contributed by atoms with Gasteiger partial charge in [-0.3, -0.25) is 4.79 Å². The number of Topliss-reactive ketones (excluding diaryl/α,β-unsaturated/α-hetero) is 1. The molecule has 0 aromatic carbocycles. The van der Waals surface area contributed by atoms with Gasteiger partial charge in [-0.2, -0.15) is 5.11 Å². The summed E-state index contributed by atoms with van der Waals surface area (Å²) in [6.45, 7) is 4.27. The second-order valence-electron chi connectivity index (χ2n) is 3.61. The standard InChI is InChI=1S/C9H18N2O2/c1-7(2)5-3-4-6-8(12)9(13)11-10/h7,9-10,13H,3-6H2,1-2H3/t9-/m1/s1. The minimum absolute atomic E-state index is 0.330. The van der Waals surface area contributed by atoms with E-state index in [2.05, 4.69) is 19.0 Å². The van der Waals surface area contributed by atoms with E-state index in [-0.39, 0.29) is 5.78 Å². The third-order valence-electron chi connectivity index (χ3n) is 1.86. The van der Waals surface area contributed by atoms with E-state index < -0.39 is 6.23 Å². The van der Waals surface area contributed by atoms with Crippen LogP contribution in [0.2, 0.25) is 0 Å². The lowest BCUT2D eigenvalue weighted by Crippen LogP contribution is -2.16. The van der Waals surface area contributed by atoms with Crippen LogP contribution in [0.1, 0.15) is 39.5 Å². The summed E-state index contributed by atoms with van der Waals surface area (Å²) in [5.74, 6) is 0.305. The van der Waals surface area contributed by atoms with Crippen molar-refractivity contribution in [1.29, 1.82) is 5.53 Å². The smallest absolute Gasteiger partial charge is 0.224 e. The lowest BCUT2D eigenvalue weighted by Gasteiger charge is -2.04. The number of unbranched alkanes of at least 4 members (excludes halogenated alkanes) is 1. The first-order valence-corrected chi connectivity index (χ1v) is 4.65. The summed E-state index contributed by atoms with van der Waals surface area (Å²) in [6, 6.07) is 0. The van der Waals surface area contributed by atoms with E-state index >= 15 is 0 Å². The van der Waals surface area contributed by atoms with Crippen molar-refractivity contribution < 1.29 is 9.90 Å². The molecule has 0 fully saturated rings.